The molecule has 0 aromatic carbocycles. The van der Waals surface area contributed by atoms with Gasteiger partial charge in [-0.05, 0) is 6.42 Å². The molecule has 0 aliphatic carbocycles. The van der Waals surface area contributed by atoms with Crippen LogP contribution in [0.1, 0.15) is 26.7 Å². The zero-order chi connectivity index (χ0) is 9.98. The molecule has 4 heteroatoms. The van der Waals surface area contributed by atoms with Crippen LogP contribution < -0.4 is 0 Å². The molecule has 0 fully saturated rings. The first-order chi connectivity index (χ1) is 5.58. The molecule has 4 nitrogen and oxygen atoms in total. The fourth-order valence-corrected chi connectivity index (χ4v) is 0.425. The van der Waals surface area contributed by atoms with Gasteiger partial charge in [-0.15, -0.1) is 0 Å². The smallest absolute Gasteiger partial charge is 0.302 e. The number of carbonyl (C=O) groups excluding carboxylic acids is 1. The van der Waals surface area contributed by atoms with Crippen LogP contribution in [0.15, 0.2) is 0 Å². The summed E-state index contributed by atoms with van der Waals surface area (Å²) in [6.45, 7) is 3.23. The summed E-state index contributed by atoms with van der Waals surface area (Å²) in [4.78, 5) is 9.59. The monoisotopic (exact) mass is 178 g/mol. The summed E-state index contributed by atoms with van der Waals surface area (Å²) >= 11 is 0. The number of aliphatic hydroxyl groups excluding tert-OH is 2. The Kier molecular flexibility index (Phi) is 12.1. The molecule has 2 N–H and O–H groups in total. The zero-order valence-corrected chi connectivity index (χ0v) is 7.91. The Balaban J connectivity index is 0. The minimum Gasteiger partial charge on any atom is -0.469 e. The first-order valence-electron chi connectivity index (χ1n) is 3.91. The molecule has 0 heterocycles. The summed E-state index contributed by atoms with van der Waals surface area (Å²) < 4.78 is 4.11. The van der Waals surface area contributed by atoms with Crippen molar-refractivity contribution in [3.8, 4) is 0 Å². The van der Waals surface area contributed by atoms with Crippen LogP contribution in [0.5, 0.6) is 0 Å². The van der Waals surface area contributed by atoms with Gasteiger partial charge in [0.2, 0.25) is 0 Å². The molecule has 74 valence electrons. The summed E-state index contributed by atoms with van der Waals surface area (Å²) in [5.41, 5.74) is 0. The Bertz CT molecular complexity index is 103. The fourth-order valence-electron chi connectivity index (χ4n) is 0.425. The lowest BCUT2D eigenvalue weighted by atomic mass is 10.2. The molecular weight excluding hydrogens is 160 g/mol. The standard InChI is InChI=1S/C5H12O2.C3H6O2/c1-2-3-5(7)4-6;1-3(4)5-2/h5-7H,2-4H2,1H3;1-2H3. The van der Waals surface area contributed by atoms with Gasteiger partial charge < -0.3 is 14.9 Å². The van der Waals surface area contributed by atoms with Gasteiger partial charge in [-0.2, -0.15) is 0 Å². The lowest BCUT2D eigenvalue weighted by Crippen LogP contribution is -2.10. The summed E-state index contributed by atoms with van der Waals surface area (Å²) in [7, 11) is 1.35. The van der Waals surface area contributed by atoms with E-state index in [-0.39, 0.29) is 12.6 Å². The van der Waals surface area contributed by atoms with E-state index < -0.39 is 6.10 Å². The zero-order valence-electron chi connectivity index (χ0n) is 7.91. The van der Waals surface area contributed by atoms with Crippen molar-refractivity contribution in [1.82, 2.24) is 0 Å². The summed E-state index contributed by atoms with van der Waals surface area (Å²) in [5, 5.41) is 16.8. The highest BCUT2D eigenvalue weighted by atomic mass is 16.5. The van der Waals surface area contributed by atoms with Crippen molar-refractivity contribution < 1.29 is 19.7 Å². The third kappa shape index (κ3) is 16.2. The first kappa shape index (κ1) is 13.9. The minimum atomic E-state index is -0.495. The molecule has 0 aliphatic rings. The first-order valence-corrected chi connectivity index (χ1v) is 3.91. The molecule has 0 radical (unpaired) electrons. The molecule has 0 spiro atoms. The Labute approximate surface area is 73.2 Å². The lowest BCUT2D eigenvalue weighted by molar-refractivity contribution is -0.137. The van der Waals surface area contributed by atoms with Crippen LogP contribution >= 0.6 is 0 Å². The third-order valence-electron chi connectivity index (χ3n) is 1.12. The van der Waals surface area contributed by atoms with Crippen LogP contribution in [0.4, 0.5) is 0 Å². The van der Waals surface area contributed by atoms with E-state index in [2.05, 4.69) is 4.74 Å². The maximum atomic E-state index is 9.59. The van der Waals surface area contributed by atoms with Gasteiger partial charge in [-0.3, -0.25) is 4.79 Å². The van der Waals surface area contributed by atoms with E-state index in [1.54, 1.807) is 0 Å². The molecule has 0 aromatic rings. The minimum absolute atomic E-state index is 0.103. The molecule has 0 amide bonds. The predicted octanol–water partition coefficient (Wildman–Crippen LogP) is 0.319. The van der Waals surface area contributed by atoms with Crippen molar-refractivity contribution >= 4 is 5.97 Å². The van der Waals surface area contributed by atoms with Crippen molar-refractivity contribution in [3.05, 3.63) is 0 Å². The fraction of sp³-hybridized carbons (Fsp3) is 0.875. The second-order valence-corrected chi connectivity index (χ2v) is 2.32. The van der Waals surface area contributed by atoms with Gasteiger partial charge in [-0.25, -0.2) is 0 Å². The van der Waals surface area contributed by atoms with Gasteiger partial charge in [0.05, 0.1) is 19.8 Å². The van der Waals surface area contributed by atoms with Gasteiger partial charge in [-0.1, -0.05) is 13.3 Å². The number of rotatable bonds is 3. The largest absolute Gasteiger partial charge is 0.469 e. The SMILES string of the molecule is CCCC(O)CO.COC(C)=O. The average molecular weight is 178 g/mol. The van der Waals surface area contributed by atoms with Crippen LogP contribution in [0.3, 0.4) is 0 Å². The van der Waals surface area contributed by atoms with Gasteiger partial charge in [0.1, 0.15) is 0 Å². The molecular formula is C8H18O4. The van der Waals surface area contributed by atoms with Crippen LogP contribution in [0, 0.1) is 0 Å². The molecule has 0 aromatic heterocycles. The summed E-state index contributed by atoms with van der Waals surface area (Å²) in [6, 6.07) is 0. The van der Waals surface area contributed by atoms with E-state index >= 15 is 0 Å². The normalized spacial score (nSPS) is 11.1. The third-order valence-corrected chi connectivity index (χ3v) is 1.12. The van der Waals surface area contributed by atoms with Crippen molar-refractivity contribution in [1.29, 1.82) is 0 Å². The second kappa shape index (κ2) is 10.4. The highest BCUT2D eigenvalue weighted by molar-refractivity contribution is 5.65. The molecule has 0 rings (SSSR count). The highest BCUT2D eigenvalue weighted by Gasteiger charge is 1.95. The number of ether oxygens (including phenoxy) is 1. The van der Waals surface area contributed by atoms with Crippen LogP contribution in [-0.4, -0.2) is 36.0 Å². The van der Waals surface area contributed by atoms with E-state index in [9.17, 15) is 4.79 Å². The van der Waals surface area contributed by atoms with Crippen LogP contribution in [0.2, 0.25) is 0 Å². The second-order valence-electron chi connectivity index (χ2n) is 2.32. The van der Waals surface area contributed by atoms with Crippen molar-refractivity contribution in [3.63, 3.8) is 0 Å². The van der Waals surface area contributed by atoms with Gasteiger partial charge in [0.25, 0.3) is 0 Å². The number of hydrogen-bond donors (Lipinski definition) is 2. The molecule has 0 aliphatic heterocycles. The quantitative estimate of drug-likeness (QED) is 0.611. The Morgan fingerprint density at radius 1 is 1.58 bits per heavy atom. The van der Waals surface area contributed by atoms with E-state index in [4.69, 9.17) is 10.2 Å². The molecule has 0 saturated carbocycles. The number of aliphatic hydroxyl groups is 2. The topological polar surface area (TPSA) is 66.8 Å². The number of methoxy groups -OCH3 is 1. The maximum absolute atomic E-state index is 9.59. The Morgan fingerprint density at radius 2 is 2.00 bits per heavy atom. The lowest BCUT2D eigenvalue weighted by Gasteiger charge is -2.01. The van der Waals surface area contributed by atoms with Crippen molar-refractivity contribution in [2.24, 2.45) is 0 Å². The van der Waals surface area contributed by atoms with E-state index in [1.807, 2.05) is 6.92 Å². The maximum Gasteiger partial charge on any atom is 0.302 e. The van der Waals surface area contributed by atoms with E-state index in [0.29, 0.717) is 6.42 Å². The molecule has 0 saturated heterocycles. The molecule has 1 atom stereocenters. The number of hydrogen-bond acceptors (Lipinski definition) is 4. The summed E-state index contributed by atoms with van der Waals surface area (Å²) in [5.74, 6) is -0.245. The Hall–Kier alpha value is -0.610. The average Bonchev–Trinajstić information content (AvgIpc) is 2.06. The van der Waals surface area contributed by atoms with E-state index in [1.165, 1.54) is 14.0 Å². The van der Waals surface area contributed by atoms with Gasteiger partial charge >= 0.3 is 5.97 Å². The van der Waals surface area contributed by atoms with Crippen molar-refractivity contribution in [2.75, 3.05) is 13.7 Å². The number of esters is 1. The van der Waals surface area contributed by atoms with Crippen molar-refractivity contribution in [2.45, 2.75) is 32.8 Å². The Morgan fingerprint density at radius 3 is 2.08 bits per heavy atom. The highest BCUT2D eigenvalue weighted by Crippen LogP contribution is 1.92. The molecule has 1 unspecified atom stereocenters. The predicted molar refractivity (Wildman–Crippen MR) is 45.7 cm³/mol. The van der Waals surface area contributed by atoms with E-state index in [0.717, 1.165) is 6.42 Å². The van der Waals surface area contributed by atoms with Crippen LogP contribution in [0.25, 0.3) is 0 Å². The summed E-state index contributed by atoms with van der Waals surface area (Å²) in [6.07, 6.45) is 1.14. The van der Waals surface area contributed by atoms with Crippen LogP contribution in [-0.2, 0) is 9.53 Å². The van der Waals surface area contributed by atoms with Gasteiger partial charge in [0, 0.05) is 6.92 Å². The molecule has 0 bridgehead atoms. The molecule has 12 heavy (non-hydrogen) atoms. The number of carbonyl (C=O) groups is 1. The van der Waals surface area contributed by atoms with Gasteiger partial charge in [0.15, 0.2) is 0 Å².